The lowest BCUT2D eigenvalue weighted by atomic mass is 10.2. The highest BCUT2D eigenvalue weighted by molar-refractivity contribution is 5.88. The predicted octanol–water partition coefficient (Wildman–Crippen LogP) is 1.44. The van der Waals surface area contributed by atoms with Crippen LogP contribution in [-0.2, 0) is 6.54 Å². The Morgan fingerprint density at radius 1 is 1.56 bits per heavy atom. The van der Waals surface area contributed by atoms with Crippen LogP contribution in [0.25, 0.3) is 0 Å². The summed E-state index contributed by atoms with van der Waals surface area (Å²) >= 11 is 0. The topological polar surface area (TPSA) is 94.0 Å². The van der Waals surface area contributed by atoms with Crippen LogP contribution in [0.1, 0.15) is 47.5 Å². The van der Waals surface area contributed by atoms with Gasteiger partial charge in [-0.25, -0.2) is 4.79 Å². The van der Waals surface area contributed by atoms with E-state index in [9.17, 15) is 4.79 Å². The number of aryl methyl sites for hydroxylation is 1. The second-order valence-electron chi connectivity index (χ2n) is 4.33. The lowest BCUT2D eigenvalue weighted by molar-refractivity contribution is 0.0696. The van der Waals surface area contributed by atoms with Gasteiger partial charge in [-0.1, -0.05) is 19.0 Å². The van der Waals surface area contributed by atoms with Gasteiger partial charge in [-0.05, 0) is 6.92 Å². The lowest BCUT2D eigenvalue weighted by Crippen LogP contribution is -2.01. The number of carbonyl (C=O) groups is 1. The number of aromatic nitrogens is 4. The Morgan fingerprint density at radius 3 is 2.78 bits per heavy atom. The average Bonchev–Trinajstić information content (AvgIpc) is 2.86. The van der Waals surface area contributed by atoms with E-state index in [4.69, 9.17) is 9.63 Å². The molecule has 2 rings (SSSR count). The van der Waals surface area contributed by atoms with Crippen molar-refractivity contribution in [3.8, 4) is 0 Å². The molecule has 7 heteroatoms. The molecule has 2 aromatic heterocycles. The van der Waals surface area contributed by atoms with E-state index in [1.807, 2.05) is 13.8 Å². The summed E-state index contributed by atoms with van der Waals surface area (Å²) in [5.74, 6) is 0.245. The largest absolute Gasteiger partial charge is 0.478 e. The summed E-state index contributed by atoms with van der Waals surface area (Å²) in [6, 6.07) is 0. The molecule has 0 fully saturated rings. The first-order chi connectivity index (χ1) is 8.47. The van der Waals surface area contributed by atoms with Gasteiger partial charge in [0.1, 0.15) is 12.1 Å². The molecule has 96 valence electrons. The van der Waals surface area contributed by atoms with E-state index < -0.39 is 5.97 Å². The van der Waals surface area contributed by atoms with Gasteiger partial charge in [-0.3, -0.25) is 4.68 Å². The Bertz CT molecular complexity index is 571. The van der Waals surface area contributed by atoms with Crippen molar-refractivity contribution in [1.29, 1.82) is 0 Å². The Kier molecular flexibility index (Phi) is 3.14. The van der Waals surface area contributed by atoms with Crippen LogP contribution in [0.2, 0.25) is 0 Å². The van der Waals surface area contributed by atoms with Gasteiger partial charge in [0.05, 0.1) is 5.69 Å². The standard InChI is InChI=1S/C11H14N4O3/c1-6(2)10-12-9(18-14-10)5-15-4-8(11(16)17)7(3)13-15/h4,6H,5H2,1-3H3,(H,16,17). The van der Waals surface area contributed by atoms with Crippen molar-refractivity contribution in [3.05, 3.63) is 29.2 Å². The van der Waals surface area contributed by atoms with E-state index in [1.165, 1.54) is 10.9 Å². The van der Waals surface area contributed by atoms with Gasteiger partial charge in [0.25, 0.3) is 0 Å². The maximum Gasteiger partial charge on any atom is 0.339 e. The summed E-state index contributed by atoms with van der Waals surface area (Å²) in [6.45, 7) is 5.85. The number of hydrogen-bond donors (Lipinski definition) is 1. The van der Waals surface area contributed by atoms with Gasteiger partial charge in [0, 0.05) is 12.1 Å². The first-order valence-corrected chi connectivity index (χ1v) is 5.57. The lowest BCUT2D eigenvalue weighted by Gasteiger charge is -1.94. The van der Waals surface area contributed by atoms with Gasteiger partial charge in [-0.15, -0.1) is 0 Å². The van der Waals surface area contributed by atoms with Crippen LogP contribution in [0.5, 0.6) is 0 Å². The fourth-order valence-corrected chi connectivity index (χ4v) is 1.51. The van der Waals surface area contributed by atoms with Gasteiger partial charge < -0.3 is 9.63 Å². The SMILES string of the molecule is Cc1nn(Cc2nc(C(C)C)no2)cc1C(=O)O. The third-order valence-electron chi connectivity index (χ3n) is 2.47. The minimum Gasteiger partial charge on any atom is -0.478 e. The zero-order valence-corrected chi connectivity index (χ0v) is 10.4. The number of hydrogen-bond acceptors (Lipinski definition) is 5. The quantitative estimate of drug-likeness (QED) is 0.882. The van der Waals surface area contributed by atoms with E-state index in [1.54, 1.807) is 6.92 Å². The van der Waals surface area contributed by atoms with Crippen molar-refractivity contribution < 1.29 is 14.4 Å². The summed E-state index contributed by atoms with van der Waals surface area (Å²) in [5, 5.41) is 16.8. The van der Waals surface area contributed by atoms with Crippen molar-refractivity contribution in [3.63, 3.8) is 0 Å². The molecule has 0 aliphatic rings. The minimum absolute atomic E-state index is 0.179. The van der Waals surface area contributed by atoms with E-state index >= 15 is 0 Å². The highest BCUT2D eigenvalue weighted by Crippen LogP contribution is 2.11. The van der Waals surface area contributed by atoms with Gasteiger partial charge in [-0.2, -0.15) is 10.1 Å². The molecule has 0 saturated carbocycles. The molecule has 0 aliphatic heterocycles. The molecule has 2 heterocycles. The second-order valence-corrected chi connectivity index (χ2v) is 4.33. The number of nitrogens with zero attached hydrogens (tertiary/aromatic N) is 4. The van der Waals surface area contributed by atoms with Crippen LogP contribution < -0.4 is 0 Å². The Hall–Kier alpha value is -2.18. The van der Waals surface area contributed by atoms with Crippen LogP contribution in [-0.4, -0.2) is 31.0 Å². The molecular formula is C11H14N4O3. The molecule has 18 heavy (non-hydrogen) atoms. The van der Waals surface area contributed by atoms with Crippen LogP contribution in [0.3, 0.4) is 0 Å². The monoisotopic (exact) mass is 250 g/mol. The van der Waals surface area contributed by atoms with Crippen molar-refractivity contribution in [2.45, 2.75) is 33.2 Å². The highest BCUT2D eigenvalue weighted by atomic mass is 16.5. The minimum atomic E-state index is -0.993. The maximum absolute atomic E-state index is 10.9. The molecule has 7 nitrogen and oxygen atoms in total. The van der Waals surface area contributed by atoms with Crippen molar-refractivity contribution in [2.75, 3.05) is 0 Å². The van der Waals surface area contributed by atoms with Crippen molar-refractivity contribution >= 4 is 5.97 Å². The number of aromatic carboxylic acids is 1. The second kappa shape index (κ2) is 4.59. The predicted molar refractivity (Wildman–Crippen MR) is 61.4 cm³/mol. The third kappa shape index (κ3) is 2.39. The van der Waals surface area contributed by atoms with Crippen LogP contribution >= 0.6 is 0 Å². The van der Waals surface area contributed by atoms with E-state index in [-0.39, 0.29) is 18.0 Å². The smallest absolute Gasteiger partial charge is 0.339 e. The molecule has 0 spiro atoms. The van der Waals surface area contributed by atoms with Crippen molar-refractivity contribution in [2.24, 2.45) is 0 Å². The number of rotatable bonds is 4. The molecule has 1 N–H and O–H groups in total. The van der Waals surface area contributed by atoms with Gasteiger partial charge >= 0.3 is 5.97 Å². The average molecular weight is 250 g/mol. The molecule has 0 atom stereocenters. The van der Waals surface area contributed by atoms with Crippen LogP contribution in [0, 0.1) is 6.92 Å². The molecule has 0 unspecified atom stereocenters. The van der Waals surface area contributed by atoms with Gasteiger partial charge in [0.15, 0.2) is 5.82 Å². The van der Waals surface area contributed by atoms with Gasteiger partial charge in [0.2, 0.25) is 5.89 Å². The molecule has 0 aliphatic carbocycles. The first kappa shape index (κ1) is 12.3. The highest BCUT2D eigenvalue weighted by Gasteiger charge is 2.14. The molecule has 0 bridgehead atoms. The molecule has 0 radical (unpaired) electrons. The number of carboxylic acids is 1. The summed E-state index contributed by atoms with van der Waals surface area (Å²) in [7, 11) is 0. The first-order valence-electron chi connectivity index (χ1n) is 5.57. The zero-order chi connectivity index (χ0) is 13.3. The van der Waals surface area contributed by atoms with Crippen LogP contribution in [0.15, 0.2) is 10.7 Å². The zero-order valence-electron chi connectivity index (χ0n) is 10.4. The summed E-state index contributed by atoms with van der Waals surface area (Å²) in [5.41, 5.74) is 0.643. The van der Waals surface area contributed by atoms with Crippen LogP contribution in [0.4, 0.5) is 0 Å². The Balaban J connectivity index is 2.18. The number of carboxylic acid groups (broad SMARTS) is 1. The molecular weight excluding hydrogens is 236 g/mol. The van der Waals surface area contributed by atoms with E-state index in [0.717, 1.165) is 0 Å². The maximum atomic E-state index is 10.9. The molecule has 0 aromatic carbocycles. The van der Waals surface area contributed by atoms with Crippen molar-refractivity contribution in [1.82, 2.24) is 19.9 Å². The third-order valence-corrected chi connectivity index (χ3v) is 2.47. The fraction of sp³-hybridized carbons (Fsp3) is 0.455. The Labute approximate surface area is 103 Å². The fourth-order valence-electron chi connectivity index (χ4n) is 1.51. The Morgan fingerprint density at radius 2 is 2.28 bits per heavy atom. The summed E-state index contributed by atoms with van der Waals surface area (Å²) in [6.07, 6.45) is 1.46. The molecule has 2 aromatic rings. The molecule has 0 amide bonds. The summed E-state index contributed by atoms with van der Waals surface area (Å²) < 4.78 is 6.55. The van der Waals surface area contributed by atoms with E-state index in [0.29, 0.717) is 17.4 Å². The molecule has 0 saturated heterocycles. The normalized spacial score (nSPS) is 11.1. The summed E-state index contributed by atoms with van der Waals surface area (Å²) in [4.78, 5) is 15.1. The van der Waals surface area contributed by atoms with E-state index in [2.05, 4.69) is 15.2 Å².